The number of rotatable bonds is 5. The molecule has 3 aromatic rings. The lowest BCUT2D eigenvalue weighted by molar-refractivity contribution is 0.0706. The topological polar surface area (TPSA) is 114 Å². The number of hydrogen-bond donors (Lipinski definition) is 4. The van der Waals surface area contributed by atoms with Crippen LogP contribution in [0, 0.1) is 0 Å². The van der Waals surface area contributed by atoms with Crippen molar-refractivity contribution in [1.29, 1.82) is 0 Å². The summed E-state index contributed by atoms with van der Waals surface area (Å²) in [7, 11) is 0. The Bertz CT molecular complexity index is 971. The van der Waals surface area contributed by atoms with Gasteiger partial charge in [-0.15, -0.1) is 0 Å². The van der Waals surface area contributed by atoms with E-state index in [0.29, 0.717) is 12.2 Å². The monoisotopic (exact) mass is 365 g/mol. The van der Waals surface area contributed by atoms with Crippen LogP contribution in [0.15, 0.2) is 60.7 Å². The van der Waals surface area contributed by atoms with Gasteiger partial charge in [-0.3, -0.25) is 15.3 Å². The first-order valence-corrected chi connectivity index (χ1v) is 8.29. The molecule has 2 amide bonds. The van der Waals surface area contributed by atoms with Crippen LogP contribution in [0.2, 0.25) is 0 Å². The highest BCUT2D eigenvalue weighted by molar-refractivity contribution is 5.94. The molecule has 0 aliphatic rings. The summed E-state index contributed by atoms with van der Waals surface area (Å²) in [6, 6.07) is 17.9. The highest BCUT2D eigenvalue weighted by Gasteiger charge is 2.07. The Kier molecular flexibility index (Phi) is 5.65. The maximum absolute atomic E-state index is 11.9. The molecule has 0 aromatic heterocycles. The molecule has 3 rings (SSSR count). The van der Waals surface area contributed by atoms with Gasteiger partial charge in [0.1, 0.15) is 6.61 Å². The van der Waals surface area contributed by atoms with E-state index < -0.39 is 12.0 Å². The second kappa shape index (κ2) is 8.31. The van der Waals surface area contributed by atoms with Crippen LogP contribution in [0.1, 0.15) is 21.5 Å². The summed E-state index contributed by atoms with van der Waals surface area (Å²) in [5.74, 6) is -0.626. The van der Waals surface area contributed by atoms with Crippen LogP contribution in [-0.2, 0) is 17.9 Å². The minimum atomic E-state index is -0.626. The van der Waals surface area contributed by atoms with Crippen LogP contribution in [0.3, 0.4) is 0 Å². The van der Waals surface area contributed by atoms with Gasteiger partial charge in [0.25, 0.3) is 5.91 Å². The Hall–Kier alpha value is -3.42. The number of carbonyl (C=O) groups is 2. The highest BCUT2D eigenvalue weighted by Crippen LogP contribution is 2.19. The first-order chi connectivity index (χ1) is 13.1. The summed E-state index contributed by atoms with van der Waals surface area (Å²) in [5, 5.41) is 13.3. The lowest BCUT2D eigenvalue weighted by Crippen LogP contribution is -2.18. The predicted octanol–water partition coefficient (Wildman–Crippen LogP) is 3.17. The maximum Gasteiger partial charge on any atom is 0.411 e. The molecule has 0 heterocycles. The Morgan fingerprint density at radius 2 is 1.56 bits per heavy atom. The predicted molar refractivity (Wildman–Crippen MR) is 101 cm³/mol. The molecule has 0 fully saturated rings. The highest BCUT2D eigenvalue weighted by atomic mass is 16.5. The minimum absolute atomic E-state index is 0.130. The summed E-state index contributed by atoms with van der Waals surface area (Å²) in [6.07, 6.45) is -0.604. The number of hydrogen-bond acceptors (Lipinski definition) is 5. The van der Waals surface area contributed by atoms with Crippen LogP contribution in [0.5, 0.6) is 0 Å². The van der Waals surface area contributed by atoms with Gasteiger partial charge in [0.05, 0.1) is 0 Å². The van der Waals surface area contributed by atoms with E-state index in [0.717, 1.165) is 21.9 Å². The Morgan fingerprint density at radius 1 is 0.926 bits per heavy atom. The molecule has 3 aromatic carbocycles. The van der Waals surface area contributed by atoms with E-state index in [4.69, 9.17) is 15.7 Å². The molecule has 0 atom stereocenters. The first-order valence-electron chi connectivity index (χ1n) is 8.29. The van der Waals surface area contributed by atoms with E-state index in [9.17, 15) is 9.59 Å². The third-order valence-electron chi connectivity index (χ3n) is 4.07. The van der Waals surface area contributed by atoms with Crippen LogP contribution >= 0.6 is 0 Å². The number of nitrogens with one attached hydrogen (secondary N) is 2. The van der Waals surface area contributed by atoms with E-state index in [1.54, 1.807) is 5.48 Å². The summed E-state index contributed by atoms with van der Waals surface area (Å²) < 4.78 is 5.24. The summed E-state index contributed by atoms with van der Waals surface area (Å²) >= 11 is 0. The SMILES string of the molecule is NCc1ccc2cc(COC(=O)Nc3ccc(C(=O)NO)cc3)ccc2c1. The van der Waals surface area contributed by atoms with Gasteiger partial charge < -0.3 is 10.5 Å². The summed E-state index contributed by atoms with van der Waals surface area (Å²) in [4.78, 5) is 23.2. The summed E-state index contributed by atoms with van der Waals surface area (Å²) in [6.45, 7) is 0.623. The smallest absolute Gasteiger partial charge is 0.411 e. The van der Waals surface area contributed by atoms with Crippen molar-refractivity contribution >= 4 is 28.5 Å². The van der Waals surface area contributed by atoms with Gasteiger partial charge in [-0.2, -0.15) is 0 Å². The lowest BCUT2D eigenvalue weighted by atomic mass is 10.0. The largest absolute Gasteiger partial charge is 0.444 e. The van der Waals surface area contributed by atoms with Crippen LogP contribution in [0.4, 0.5) is 10.5 Å². The second-order valence-corrected chi connectivity index (χ2v) is 5.94. The fourth-order valence-corrected chi connectivity index (χ4v) is 2.63. The molecule has 7 heteroatoms. The van der Waals surface area contributed by atoms with Crippen molar-refractivity contribution in [2.75, 3.05) is 5.32 Å². The average Bonchev–Trinajstić information content (AvgIpc) is 2.71. The van der Waals surface area contributed by atoms with Crippen LogP contribution < -0.4 is 16.5 Å². The van der Waals surface area contributed by atoms with E-state index in [2.05, 4.69) is 5.32 Å². The number of carbonyl (C=O) groups excluding carboxylic acids is 2. The fourth-order valence-electron chi connectivity index (χ4n) is 2.63. The number of anilines is 1. The molecule has 0 aliphatic heterocycles. The Balaban J connectivity index is 1.58. The molecule has 0 unspecified atom stereocenters. The van der Waals surface area contributed by atoms with Crippen molar-refractivity contribution in [1.82, 2.24) is 5.48 Å². The molecular weight excluding hydrogens is 346 g/mol. The minimum Gasteiger partial charge on any atom is -0.444 e. The third kappa shape index (κ3) is 4.60. The van der Waals surface area contributed by atoms with Gasteiger partial charge in [-0.05, 0) is 58.3 Å². The van der Waals surface area contributed by atoms with Crippen molar-refractivity contribution in [3.8, 4) is 0 Å². The number of fused-ring (bicyclic) bond motifs is 1. The maximum atomic E-state index is 11.9. The number of nitrogens with two attached hydrogens (primary N) is 1. The molecule has 0 saturated carbocycles. The first kappa shape index (κ1) is 18.4. The molecule has 0 aliphatic carbocycles. The molecule has 0 radical (unpaired) electrons. The van der Waals surface area contributed by atoms with Gasteiger partial charge in [-0.25, -0.2) is 10.3 Å². The van der Waals surface area contributed by atoms with Gasteiger partial charge in [0.2, 0.25) is 0 Å². The lowest BCUT2D eigenvalue weighted by Gasteiger charge is -2.09. The van der Waals surface area contributed by atoms with Gasteiger partial charge >= 0.3 is 6.09 Å². The standard InChI is InChI=1S/C20H19N3O4/c21-11-13-1-3-17-10-14(2-4-16(17)9-13)12-27-20(25)22-18-7-5-15(6-8-18)19(24)23-26/h1-10,26H,11-12,21H2,(H,22,25)(H,23,24). The van der Waals surface area contributed by atoms with Crippen LogP contribution in [0.25, 0.3) is 10.8 Å². The van der Waals surface area contributed by atoms with Crippen molar-refractivity contribution in [2.45, 2.75) is 13.2 Å². The van der Waals surface area contributed by atoms with Crippen molar-refractivity contribution < 1.29 is 19.5 Å². The van der Waals surface area contributed by atoms with Crippen molar-refractivity contribution in [2.24, 2.45) is 5.73 Å². The zero-order chi connectivity index (χ0) is 19.2. The number of amides is 2. The zero-order valence-electron chi connectivity index (χ0n) is 14.4. The molecule has 138 valence electrons. The number of ether oxygens (including phenoxy) is 1. The fraction of sp³-hybridized carbons (Fsp3) is 0.100. The molecule has 0 bridgehead atoms. The molecular formula is C20H19N3O4. The number of benzene rings is 3. The zero-order valence-corrected chi connectivity index (χ0v) is 14.4. The third-order valence-corrected chi connectivity index (χ3v) is 4.07. The Morgan fingerprint density at radius 3 is 2.19 bits per heavy atom. The summed E-state index contributed by atoms with van der Waals surface area (Å²) in [5.41, 5.74) is 9.87. The average molecular weight is 365 g/mol. The molecule has 5 N–H and O–H groups in total. The molecule has 7 nitrogen and oxygen atoms in total. The van der Waals surface area contributed by atoms with Gasteiger partial charge in [0, 0.05) is 17.8 Å². The Labute approximate surface area is 155 Å². The van der Waals surface area contributed by atoms with Gasteiger partial charge in [-0.1, -0.05) is 24.3 Å². The molecule has 27 heavy (non-hydrogen) atoms. The van der Waals surface area contributed by atoms with E-state index >= 15 is 0 Å². The van der Waals surface area contributed by atoms with Crippen molar-refractivity contribution in [3.63, 3.8) is 0 Å². The van der Waals surface area contributed by atoms with Gasteiger partial charge in [0.15, 0.2) is 0 Å². The van der Waals surface area contributed by atoms with E-state index in [1.165, 1.54) is 24.3 Å². The quantitative estimate of drug-likeness (QED) is 0.410. The van der Waals surface area contributed by atoms with E-state index in [-0.39, 0.29) is 12.2 Å². The van der Waals surface area contributed by atoms with E-state index in [1.807, 2.05) is 36.4 Å². The molecule has 0 saturated heterocycles. The second-order valence-electron chi connectivity index (χ2n) is 5.94. The number of hydroxylamine groups is 1. The normalized spacial score (nSPS) is 10.4. The van der Waals surface area contributed by atoms with Crippen LogP contribution in [-0.4, -0.2) is 17.2 Å². The molecule has 0 spiro atoms. The van der Waals surface area contributed by atoms with Crippen molar-refractivity contribution in [3.05, 3.63) is 77.4 Å².